The summed E-state index contributed by atoms with van der Waals surface area (Å²) in [6.45, 7) is 0. The number of hydrogen-bond donors (Lipinski definition) is 0. The molecule has 1 saturated heterocycles. The van der Waals surface area contributed by atoms with Crippen LogP contribution in [0.4, 0.5) is 5.69 Å². The van der Waals surface area contributed by atoms with Gasteiger partial charge in [0.15, 0.2) is 0 Å². The highest BCUT2D eigenvalue weighted by atomic mass is 32.2. The van der Waals surface area contributed by atoms with Crippen LogP contribution in [0.1, 0.15) is 10.4 Å². The van der Waals surface area contributed by atoms with Gasteiger partial charge in [-0.2, -0.15) is 0 Å². The molecule has 0 saturated carbocycles. The van der Waals surface area contributed by atoms with Gasteiger partial charge in [0, 0.05) is 22.8 Å². The van der Waals surface area contributed by atoms with E-state index in [0.717, 1.165) is 11.8 Å². The summed E-state index contributed by atoms with van der Waals surface area (Å²) < 4.78 is 0. The fourth-order valence-electron chi connectivity index (χ4n) is 2.05. The summed E-state index contributed by atoms with van der Waals surface area (Å²) in [5.74, 6) is 0.859. The molecule has 8 heteroatoms. The van der Waals surface area contributed by atoms with Crippen molar-refractivity contribution >= 4 is 40.2 Å². The number of carbonyl (C=O) groups is 2. The molecule has 1 aromatic rings. The van der Waals surface area contributed by atoms with Crippen molar-refractivity contribution in [3.05, 3.63) is 33.9 Å². The van der Waals surface area contributed by atoms with Gasteiger partial charge >= 0.3 is 0 Å². The number of non-ortho nitro benzene ring substituents is 1. The van der Waals surface area contributed by atoms with Crippen molar-refractivity contribution in [1.29, 1.82) is 0 Å². The largest absolute Gasteiger partial charge is 0.318 e. The Morgan fingerprint density at radius 1 is 1.37 bits per heavy atom. The van der Waals surface area contributed by atoms with Crippen LogP contribution in [0, 0.1) is 10.1 Å². The van der Waals surface area contributed by atoms with Crippen molar-refractivity contribution < 1.29 is 14.5 Å². The summed E-state index contributed by atoms with van der Waals surface area (Å²) in [5, 5.41) is 10.6. The monoisotopic (exact) mass is 296 g/mol. The van der Waals surface area contributed by atoms with Crippen LogP contribution in [0.25, 0.3) is 0 Å². The highest BCUT2D eigenvalue weighted by Gasteiger charge is 2.39. The molecular formula is C11H8N2O4S2. The number of carbonyl (C=O) groups excluding carboxylic acids is 2. The molecule has 1 atom stereocenters. The molecule has 98 valence electrons. The van der Waals surface area contributed by atoms with Gasteiger partial charge in [-0.05, 0) is 17.8 Å². The summed E-state index contributed by atoms with van der Waals surface area (Å²) in [6, 6.07) is 3.60. The number of nitro groups is 1. The SMILES string of the molecule is O=C1Sc2cc([N+](=O)[O-])ccc2C(=O)N2CSCC12. The zero-order valence-corrected chi connectivity index (χ0v) is 11.2. The lowest BCUT2D eigenvalue weighted by atomic mass is 10.1. The van der Waals surface area contributed by atoms with Crippen LogP contribution in [-0.2, 0) is 4.79 Å². The molecule has 0 aromatic heterocycles. The van der Waals surface area contributed by atoms with Crippen LogP contribution in [0.15, 0.2) is 23.1 Å². The summed E-state index contributed by atoms with van der Waals surface area (Å²) in [7, 11) is 0. The van der Waals surface area contributed by atoms with E-state index in [-0.39, 0.29) is 16.7 Å². The van der Waals surface area contributed by atoms with Gasteiger partial charge in [0.1, 0.15) is 6.04 Å². The van der Waals surface area contributed by atoms with Crippen molar-refractivity contribution in [2.45, 2.75) is 10.9 Å². The number of amides is 1. The fourth-order valence-corrected chi connectivity index (χ4v) is 4.32. The minimum Gasteiger partial charge on any atom is -0.318 e. The Hall–Kier alpha value is -1.54. The van der Waals surface area contributed by atoms with Crippen LogP contribution in [0.3, 0.4) is 0 Å². The number of benzene rings is 1. The van der Waals surface area contributed by atoms with Crippen molar-refractivity contribution in [2.75, 3.05) is 11.6 Å². The first-order valence-electron chi connectivity index (χ1n) is 5.47. The average molecular weight is 296 g/mol. The van der Waals surface area contributed by atoms with Crippen molar-refractivity contribution in [1.82, 2.24) is 4.90 Å². The van der Waals surface area contributed by atoms with Crippen molar-refractivity contribution in [3.63, 3.8) is 0 Å². The smallest absolute Gasteiger partial charge is 0.270 e. The molecule has 19 heavy (non-hydrogen) atoms. The topological polar surface area (TPSA) is 80.5 Å². The molecule has 3 rings (SSSR count). The Morgan fingerprint density at radius 2 is 2.16 bits per heavy atom. The molecule has 0 bridgehead atoms. The maximum absolute atomic E-state index is 12.3. The highest BCUT2D eigenvalue weighted by molar-refractivity contribution is 8.14. The maximum atomic E-state index is 12.3. The van der Waals surface area contributed by atoms with E-state index in [2.05, 4.69) is 0 Å². The summed E-state index contributed by atoms with van der Waals surface area (Å²) >= 11 is 2.47. The van der Waals surface area contributed by atoms with E-state index in [0.29, 0.717) is 22.1 Å². The third-order valence-corrected chi connectivity index (χ3v) is 5.08. The van der Waals surface area contributed by atoms with E-state index in [1.165, 1.54) is 23.1 Å². The van der Waals surface area contributed by atoms with Crippen LogP contribution < -0.4 is 0 Å². The second-order valence-corrected chi connectivity index (χ2v) is 6.20. The molecule has 2 aliphatic heterocycles. The Bertz CT molecular complexity index is 604. The molecule has 2 heterocycles. The van der Waals surface area contributed by atoms with Crippen molar-refractivity contribution in [2.24, 2.45) is 0 Å². The minimum absolute atomic E-state index is 0.108. The number of rotatable bonds is 1. The van der Waals surface area contributed by atoms with Gasteiger partial charge in [-0.25, -0.2) is 0 Å². The summed E-state index contributed by atoms with van der Waals surface area (Å²) in [6.07, 6.45) is 0. The van der Waals surface area contributed by atoms with Crippen molar-refractivity contribution in [3.8, 4) is 0 Å². The lowest BCUT2D eigenvalue weighted by Crippen LogP contribution is -2.39. The standard InChI is InChI=1S/C11H8N2O4S2/c14-10-7-2-1-6(13(16)17)3-9(7)19-11(15)8-4-18-5-12(8)10/h1-3,8H,4-5H2. The van der Waals surface area contributed by atoms with Gasteiger partial charge in [-0.15, -0.1) is 11.8 Å². The molecule has 1 unspecified atom stereocenters. The predicted octanol–water partition coefficient (Wildman–Crippen LogP) is 1.74. The first kappa shape index (κ1) is 12.5. The molecule has 1 fully saturated rings. The van der Waals surface area contributed by atoms with E-state index >= 15 is 0 Å². The van der Waals surface area contributed by atoms with Gasteiger partial charge < -0.3 is 4.90 Å². The molecule has 0 N–H and O–H groups in total. The Labute approximate surface area is 116 Å². The molecule has 6 nitrogen and oxygen atoms in total. The predicted molar refractivity (Wildman–Crippen MR) is 71.2 cm³/mol. The zero-order valence-electron chi connectivity index (χ0n) is 9.57. The van der Waals surface area contributed by atoms with Gasteiger partial charge in [-0.1, -0.05) is 0 Å². The zero-order chi connectivity index (χ0) is 13.6. The fraction of sp³-hybridized carbons (Fsp3) is 0.273. The molecule has 1 aromatic carbocycles. The lowest BCUT2D eigenvalue weighted by molar-refractivity contribution is -0.385. The highest BCUT2D eigenvalue weighted by Crippen LogP contribution is 2.37. The number of nitro benzene ring substituents is 1. The van der Waals surface area contributed by atoms with Gasteiger partial charge in [0.25, 0.3) is 11.6 Å². The van der Waals surface area contributed by atoms with E-state index < -0.39 is 11.0 Å². The van der Waals surface area contributed by atoms with E-state index in [4.69, 9.17) is 0 Å². The van der Waals surface area contributed by atoms with E-state index in [1.807, 2.05) is 0 Å². The molecule has 0 aliphatic carbocycles. The summed E-state index contributed by atoms with van der Waals surface area (Å²) in [5.41, 5.74) is 0.261. The molecular weight excluding hydrogens is 288 g/mol. The third-order valence-electron chi connectivity index (χ3n) is 3.03. The Kier molecular flexibility index (Phi) is 2.98. The maximum Gasteiger partial charge on any atom is 0.270 e. The second kappa shape index (κ2) is 4.53. The second-order valence-electron chi connectivity index (χ2n) is 4.15. The first-order chi connectivity index (χ1) is 9.08. The van der Waals surface area contributed by atoms with Gasteiger partial charge in [-0.3, -0.25) is 19.7 Å². The molecule has 0 spiro atoms. The molecule has 1 amide bonds. The molecule has 0 radical (unpaired) electrons. The van der Waals surface area contributed by atoms with Crippen LogP contribution >= 0.6 is 23.5 Å². The summed E-state index contributed by atoms with van der Waals surface area (Å²) in [4.78, 5) is 36.5. The molecule has 2 aliphatic rings. The van der Waals surface area contributed by atoms with Gasteiger partial charge in [0.2, 0.25) is 5.12 Å². The van der Waals surface area contributed by atoms with Gasteiger partial charge in [0.05, 0.1) is 16.4 Å². The van der Waals surface area contributed by atoms with Crippen LogP contribution in [0.2, 0.25) is 0 Å². The average Bonchev–Trinajstić information content (AvgIpc) is 2.83. The Balaban J connectivity index is 2.09. The number of nitrogens with zero attached hydrogens (tertiary/aromatic N) is 2. The minimum atomic E-state index is -0.530. The first-order valence-corrected chi connectivity index (χ1v) is 7.44. The van der Waals surface area contributed by atoms with E-state index in [9.17, 15) is 19.7 Å². The normalized spacial score (nSPS) is 21.9. The van der Waals surface area contributed by atoms with Crippen LogP contribution in [-0.4, -0.2) is 38.5 Å². The third kappa shape index (κ3) is 2.00. The number of thioether (sulfide) groups is 2. The van der Waals surface area contributed by atoms with Crippen LogP contribution in [0.5, 0.6) is 0 Å². The lowest BCUT2D eigenvalue weighted by Gasteiger charge is -2.18. The van der Waals surface area contributed by atoms with E-state index in [1.54, 1.807) is 11.8 Å². The number of hydrogen-bond acceptors (Lipinski definition) is 6. The Morgan fingerprint density at radius 3 is 2.89 bits per heavy atom. The number of fused-ring (bicyclic) bond motifs is 2. The quantitative estimate of drug-likeness (QED) is 0.580.